The van der Waals surface area contributed by atoms with Crippen LogP contribution < -0.4 is 19.5 Å². The van der Waals surface area contributed by atoms with Crippen molar-refractivity contribution in [2.45, 2.75) is 6.54 Å². The van der Waals surface area contributed by atoms with Crippen molar-refractivity contribution in [3.05, 3.63) is 46.7 Å². The average Bonchev–Trinajstić information content (AvgIpc) is 2.96. The Morgan fingerprint density at radius 1 is 1.29 bits per heavy atom. The van der Waals surface area contributed by atoms with Gasteiger partial charge in [-0.1, -0.05) is 11.6 Å². The van der Waals surface area contributed by atoms with Gasteiger partial charge >= 0.3 is 0 Å². The van der Waals surface area contributed by atoms with E-state index in [-0.39, 0.29) is 11.8 Å². The first kappa shape index (κ1) is 13.8. The number of hydrogen-bond donors (Lipinski definition) is 1. The summed E-state index contributed by atoms with van der Waals surface area (Å²) >= 11 is 5.65. The van der Waals surface area contributed by atoms with Crippen LogP contribution >= 0.6 is 11.6 Å². The molecule has 1 heterocycles. The number of fused-ring (bicyclic) bond motifs is 1. The number of anilines is 1. The summed E-state index contributed by atoms with van der Waals surface area (Å²) in [7, 11) is 1.57. The summed E-state index contributed by atoms with van der Waals surface area (Å²) in [5, 5.41) is 3.22. The molecule has 1 aliphatic rings. The Balaban J connectivity index is 1.77. The maximum absolute atomic E-state index is 13.4. The molecular formula is C15H13ClFNO3. The van der Waals surface area contributed by atoms with Crippen molar-refractivity contribution in [1.29, 1.82) is 0 Å². The molecule has 0 saturated carbocycles. The van der Waals surface area contributed by atoms with Crippen molar-refractivity contribution in [2.75, 3.05) is 19.2 Å². The zero-order valence-corrected chi connectivity index (χ0v) is 12.0. The molecule has 4 nitrogen and oxygen atoms in total. The summed E-state index contributed by atoms with van der Waals surface area (Å²) in [5.74, 6) is 1.42. The summed E-state index contributed by atoms with van der Waals surface area (Å²) in [6.07, 6.45) is 0. The van der Waals surface area contributed by atoms with Crippen molar-refractivity contribution < 1.29 is 18.6 Å². The van der Waals surface area contributed by atoms with E-state index in [1.807, 2.05) is 12.1 Å². The van der Waals surface area contributed by atoms with E-state index in [2.05, 4.69) is 5.32 Å². The normalized spacial score (nSPS) is 12.3. The number of hydrogen-bond acceptors (Lipinski definition) is 4. The Morgan fingerprint density at radius 3 is 2.90 bits per heavy atom. The first-order valence-corrected chi connectivity index (χ1v) is 6.70. The van der Waals surface area contributed by atoms with Crippen molar-refractivity contribution >= 4 is 17.3 Å². The SMILES string of the molecule is COc1cc(CNc2ccc(Cl)c(F)c2)cc2c1OCO2. The molecule has 21 heavy (non-hydrogen) atoms. The molecule has 1 N–H and O–H groups in total. The fourth-order valence-corrected chi connectivity index (χ4v) is 2.21. The van der Waals surface area contributed by atoms with Gasteiger partial charge in [-0.15, -0.1) is 0 Å². The largest absolute Gasteiger partial charge is 0.493 e. The molecule has 0 aromatic heterocycles. The van der Waals surface area contributed by atoms with Crippen LogP contribution in [0.15, 0.2) is 30.3 Å². The number of ether oxygens (including phenoxy) is 3. The topological polar surface area (TPSA) is 39.7 Å². The predicted octanol–water partition coefficient (Wildman–Crippen LogP) is 3.83. The molecule has 0 amide bonds. The van der Waals surface area contributed by atoms with Gasteiger partial charge < -0.3 is 19.5 Å². The summed E-state index contributed by atoms with van der Waals surface area (Å²) in [6.45, 7) is 0.680. The van der Waals surface area contributed by atoms with Crippen LogP contribution in [0, 0.1) is 5.82 Å². The summed E-state index contributed by atoms with van der Waals surface area (Å²) in [6, 6.07) is 8.30. The summed E-state index contributed by atoms with van der Waals surface area (Å²) in [5.41, 5.74) is 1.58. The van der Waals surface area contributed by atoms with Gasteiger partial charge in [-0.3, -0.25) is 0 Å². The van der Waals surface area contributed by atoms with Gasteiger partial charge in [0.05, 0.1) is 12.1 Å². The lowest BCUT2D eigenvalue weighted by Gasteiger charge is -2.10. The predicted molar refractivity (Wildman–Crippen MR) is 77.9 cm³/mol. The van der Waals surface area contributed by atoms with E-state index in [1.54, 1.807) is 13.2 Å². The van der Waals surface area contributed by atoms with Gasteiger partial charge in [-0.25, -0.2) is 4.39 Å². The number of halogens is 2. The van der Waals surface area contributed by atoms with E-state index in [1.165, 1.54) is 12.1 Å². The van der Waals surface area contributed by atoms with Gasteiger partial charge in [-0.05, 0) is 35.9 Å². The molecule has 6 heteroatoms. The third kappa shape index (κ3) is 2.83. The van der Waals surface area contributed by atoms with E-state index < -0.39 is 5.82 Å². The van der Waals surface area contributed by atoms with Crippen molar-refractivity contribution in [1.82, 2.24) is 0 Å². The zero-order chi connectivity index (χ0) is 14.8. The summed E-state index contributed by atoms with van der Waals surface area (Å²) in [4.78, 5) is 0. The highest BCUT2D eigenvalue weighted by molar-refractivity contribution is 6.30. The highest BCUT2D eigenvalue weighted by Crippen LogP contribution is 2.41. The molecule has 110 valence electrons. The molecule has 3 rings (SSSR count). The lowest BCUT2D eigenvalue weighted by molar-refractivity contribution is 0.171. The quantitative estimate of drug-likeness (QED) is 0.932. The third-order valence-corrected chi connectivity index (χ3v) is 3.44. The molecule has 0 atom stereocenters. The van der Waals surface area contributed by atoms with Gasteiger partial charge in [0, 0.05) is 12.2 Å². The zero-order valence-electron chi connectivity index (χ0n) is 11.3. The van der Waals surface area contributed by atoms with Crippen molar-refractivity contribution in [3.63, 3.8) is 0 Å². The summed E-state index contributed by atoms with van der Waals surface area (Å²) < 4.78 is 29.3. The Bertz CT molecular complexity index is 678. The molecular weight excluding hydrogens is 297 g/mol. The van der Waals surface area contributed by atoms with E-state index in [9.17, 15) is 4.39 Å². The van der Waals surface area contributed by atoms with Gasteiger partial charge in [0.2, 0.25) is 12.5 Å². The molecule has 0 bridgehead atoms. The maximum Gasteiger partial charge on any atom is 0.231 e. The van der Waals surface area contributed by atoms with Crippen LogP contribution in [0.4, 0.5) is 10.1 Å². The maximum atomic E-state index is 13.4. The van der Waals surface area contributed by atoms with E-state index >= 15 is 0 Å². The molecule has 0 saturated heterocycles. The van der Waals surface area contributed by atoms with Crippen LogP contribution in [-0.4, -0.2) is 13.9 Å². The van der Waals surface area contributed by atoms with Crippen LogP contribution in [0.5, 0.6) is 17.2 Å². The second-order valence-corrected chi connectivity index (χ2v) is 4.92. The third-order valence-electron chi connectivity index (χ3n) is 3.13. The number of benzene rings is 2. The molecule has 0 radical (unpaired) electrons. The van der Waals surface area contributed by atoms with Crippen LogP contribution in [0.1, 0.15) is 5.56 Å². The minimum absolute atomic E-state index is 0.102. The lowest BCUT2D eigenvalue weighted by Crippen LogP contribution is -2.00. The van der Waals surface area contributed by atoms with E-state index in [0.29, 0.717) is 29.5 Å². The molecule has 2 aromatic rings. The highest BCUT2D eigenvalue weighted by Gasteiger charge is 2.19. The Kier molecular flexibility index (Phi) is 3.75. The van der Waals surface area contributed by atoms with Gasteiger partial charge in [0.1, 0.15) is 5.82 Å². The first-order valence-electron chi connectivity index (χ1n) is 6.33. The minimum Gasteiger partial charge on any atom is -0.493 e. The van der Waals surface area contributed by atoms with Crippen LogP contribution in [0.25, 0.3) is 0 Å². The smallest absolute Gasteiger partial charge is 0.231 e. The molecule has 0 fully saturated rings. The monoisotopic (exact) mass is 309 g/mol. The molecule has 0 unspecified atom stereocenters. The molecule has 1 aliphatic heterocycles. The van der Waals surface area contributed by atoms with E-state index in [0.717, 1.165) is 5.56 Å². The second kappa shape index (κ2) is 5.69. The number of methoxy groups -OCH3 is 1. The number of rotatable bonds is 4. The fraction of sp³-hybridized carbons (Fsp3) is 0.200. The van der Waals surface area contributed by atoms with Gasteiger partial charge in [0.25, 0.3) is 0 Å². The number of nitrogens with one attached hydrogen (secondary N) is 1. The average molecular weight is 310 g/mol. The Hall–Kier alpha value is -2.14. The first-order chi connectivity index (χ1) is 10.2. The highest BCUT2D eigenvalue weighted by atomic mass is 35.5. The van der Waals surface area contributed by atoms with Crippen LogP contribution in [0.3, 0.4) is 0 Å². The van der Waals surface area contributed by atoms with Gasteiger partial charge in [0.15, 0.2) is 11.5 Å². The standard InChI is InChI=1S/C15H13ClFNO3/c1-19-13-4-9(5-14-15(13)21-8-20-14)7-18-10-2-3-11(16)12(17)6-10/h2-6,18H,7-8H2,1H3. The minimum atomic E-state index is -0.454. The second-order valence-electron chi connectivity index (χ2n) is 4.51. The van der Waals surface area contributed by atoms with Crippen molar-refractivity contribution in [2.24, 2.45) is 0 Å². The van der Waals surface area contributed by atoms with Crippen molar-refractivity contribution in [3.8, 4) is 17.2 Å². The molecule has 0 aliphatic carbocycles. The Labute approximate surface area is 126 Å². The van der Waals surface area contributed by atoms with E-state index in [4.69, 9.17) is 25.8 Å². The Morgan fingerprint density at radius 2 is 2.14 bits per heavy atom. The van der Waals surface area contributed by atoms with Crippen LogP contribution in [-0.2, 0) is 6.54 Å². The van der Waals surface area contributed by atoms with Gasteiger partial charge in [-0.2, -0.15) is 0 Å². The van der Waals surface area contributed by atoms with Crippen LogP contribution in [0.2, 0.25) is 5.02 Å². The lowest BCUT2D eigenvalue weighted by atomic mass is 10.1. The fourth-order valence-electron chi connectivity index (χ4n) is 2.10. The molecule has 0 spiro atoms. The molecule has 2 aromatic carbocycles.